The van der Waals surface area contributed by atoms with E-state index in [4.69, 9.17) is 0 Å². The minimum absolute atomic E-state index is 0.0143. The highest BCUT2D eigenvalue weighted by atomic mass is 32.2. The van der Waals surface area contributed by atoms with Crippen molar-refractivity contribution >= 4 is 27.3 Å². The lowest BCUT2D eigenvalue weighted by molar-refractivity contribution is -0.126. The number of aryl methyl sites for hydroxylation is 2. The maximum atomic E-state index is 13.0. The summed E-state index contributed by atoms with van der Waals surface area (Å²) in [5.41, 5.74) is 2.12. The molecule has 150 valence electrons. The molecule has 1 N–H and O–H groups in total. The van der Waals surface area contributed by atoms with Gasteiger partial charge in [-0.25, -0.2) is 18.4 Å². The van der Waals surface area contributed by atoms with Crippen LogP contribution in [0.3, 0.4) is 0 Å². The van der Waals surface area contributed by atoms with Crippen LogP contribution in [0.25, 0.3) is 0 Å². The highest BCUT2D eigenvalue weighted by Gasteiger charge is 2.38. The molecule has 7 nitrogen and oxygen atoms in total. The van der Waals surface area contributed by atoms with Gasteiger partial charge in [-0.1, -0.05) is 12.5 Å². The van der Waals surface area contributed by atoms with Gasteiger partial charge in [0.15, 0.2) is 0 Å². The number of hydrogen-bond acceptors (Lipinski definition) is 6. The lowest BCUT2D eigenvalue weighted by Crippen LogP contribution is -2.54. The van der Waals surface area contributed by atoms with Gasteiger partial charge in [-0.3, -0.25) is 4.79 Å². The van der Waals surface area contributed by atoms with Crippen LogP contribution in [0.2, 0.25) is 0 Å². The van der Waals surface area contributed by atoms with Crippen LogP contribution >= 0.6 is 11.3 Å². The van der Waals surface area contributed by atoms with Gasteiger partial charge in [-0.15, -0.1) is 11.3 Å². The Hall–Kier alpha value is -1.84. The van der Waals surface area contributed by atoms with E-state index >= 15 is 0 Å². The van der Waals surface area contributed by atoms with Crippen molar-refractivity contribution in [1.29, 1.82) is 0 Å². The number of rotatable bonds is 4. The Kier molecular flexibility index (Phi) is 5.48. The number of thiophene rings is 1. The monoisotopic (exact) mass is 420 g/mol. The van der Waals surface area contributed by atoms with E-state index in [0.717, 1.165) is 42.8 Å². The molecule has 1 saturated heterocycles. The van der Waals surface area contributed by atoms with Crippen LogP contribution in [-0.2, 0) is 27.7 Å². The number of sulfonamides is 1. The van der Waals surface area contributed by atoms with E-state index in [9.17, 15) is 13.2 Å². The first-order valence-electron chi connectivity index (χ1n) is 9.62. The average Bonchev–Trinajstić information content (AvgIpc) is 3.24. The number of nitrogens with zero attached hydrogens (tertiary/aromatic N) is 3. The van der Waals surface area contributed by atoms with Gasteiger partial charge in [0.1, 0.15) is 16.1 Å². The minimum Gasteiger partial charge on any atom is -0.352 e. The van der Waals surface area contributed by atoms with Gasteiger partial charge in [0.2, 0.25) is 5.91 Å². The van der Waals surface area contributed by atoms with E-state index in [1.165, 1.54) is 15.6 Å². The first-order chi connectivity index (χ1) is 13.4. The van der Waals surface area contributed by atoms with E-state index in [0.29, 0.717) is 23.6 Å². The van der Waals surface area contributed by atoms with E-state index in [1.807, 2.05) is 13.1 Å². The molecule has 2 aliphatic rings. The van der Waals surface area contributed by atoms with Crippen LogP contribution in [0.15, 0.2) is 27.9 Å². The number of fused-ring (bicyclic) bond motifs is 1. The molecule has 2 aromatic heterocycles. The molecule has 3 heterocycles. The van der Waals surface area contributed by atoms with Gasteiger partial charge >= 0.3 is 0 Å². The molecule has 2 atom stereocenters. The summed E-state index contributed by atoms with van der Waals surface area (Å²) in [7, 11) is -3.64. The normalized spacial score (nSPS) is 23.2. The van der Waals surface area contributed by atoms with Crippen molar-refractivity contribution in [3.8, 4) is 0 Å². The van der Waals surface area contributed by atoms with Gasteiger partial charge in [0, 0.05) is 24.5 Å². The second-order valence-corrected chi connectivity index (χ2v) is 10.5. The fourth-order valence-corrected chi connectivity index (χ4v) is 6.78. The maximum absolute atomic E-state index is 13.0. The largest absolute Gasteiger partial charge is 0.352 e. The van der Waals surface area contributed by atoms with E-state index < -0.39 is 16.1 Å². The summed E-state index contributed by atoms with van der Waals surface area (Å²) in [6, 6.07) is 2.67. The lowest BCUT2D eigenvalue weighted by Gasteiger charge is -2.35. The smallest absolute Gasteiger partial charge is 0.253 e. The van der Waals surface area contributed by atoms with Crippen molar-refractivity contribution in [2.45, 2.75) is 61.7 Å². The third-order valence-corrected chi connectivity index (χ3v) is 8.71. The zero-order valence-electron chi connectivity index (χ0n) is 15.8. The Morgan fingerprint density at radius 2 is 2.18 bits per heavy atom. The highest BCUT2D eigenvalue weighted by Crippen LogP contribution is 2.28. The first kappa shape index (κ1) is 19.5. The Morgan fingerprint density at radius 1 is 1.32 bits per heavy atom. The molecule has 0 saturated carbocycles. The van der Waals surface area contributed by atoms with E-state index in [2.05, 4.69) is 15.3 Å². The molecular weight excluding hydrogens is 396 g/mol. The van der Waals surface area contributed by atoms with Crippen LogP contribution < -0.4 is 5.32 Å². The fraction of sp³-hybridized carbons (Fsp3) is 0.526. The van der Waals surface area contributed by atoms with Gasteiger partial charge in [-0.05, 0) is 56.0 Å². The third-order valence-electron chi connectivity index (χ3n) is 5.43. The van der Waals surface area contributed by atoms with Crippen molar-refractivity contribution in [3.05, 3.63) is 40.8 Å². The van der Waals surface area contributed by atoms with Gasteiger partial charge < -0.3 is 5.32 Å². The molecule has 4 rings (SSSR count). The maximum Gasteiger partial charge on any atom is 0.253 e. The minimum atomic E-state index is -3.64. The molecule has 0 spiro atoms. The third kappa shape index (κ3) is 3.83. The Labute approximate surface area is 169 Å². The molecular formula is C19H24N4O3S2. The van der Waals surface area contributed by atoms with E-state index in [-0.39, 0.29) is 11.9 Å². The van der Waals surface area contributed by atoms with E-state index in [1.54, 1.807) is 17.5 Å². The predicted octanol–water partition coefficient (Wildman–Crippen LogP) is 2.06. The molecule has 0 bridgehead atoms. The quantitative estimate of drug-likeness (QED) is 0.817. The standard InChI is InChI=1S/C19H24N4O3S2/c1-13-20-12-14-11-15(7-8-16(14)21-13)22-19(24)17-5-2-3-9-23(17)28(25,26)18-6-4-10-27-18/h4,6,10,12,15,17H,2-3,5,7-9,11H2,1H3,(H,22,24). The first-order valence-corrected chi connectivity index (χ1v) is 11.9. The molecule has 1 aliphatic heterocycles. The number of carbonyl (C=O) groups is 1. The number of aromatic nitrogens is 2. The summed E-state index contributed by atoms with van der Waals surface area (Å²) in [5, 5.41) is 4.84. The van der Waals surface area contributed by atoms with Crippen molar-refractivity contribution in [3.63, 3.8) is 0 Å². The van der Waals surface area contributed by atoms with Crippen LogP contribution in [0.4, 0.5) is 0 Å². The fourth-order valence-electron chi connectivity index (χ4n) is 4.01. The molecule has 2 unspecified atom stereocenters. The number of piperidine rings is 1. The topological polar surface area (TPSA) is 92.3 Å². The SMILES string of the molecule is Cc1ncc2c(n1)CCC(NC(=O)C1CCCCN1S(=O)(=O)c1cccs1)C2. The molecule has 1 amide bonds. The van der Waals surface area contributed by atoms with Gasteiger partial charge in [0.05, 0.1) is 0 Å². The van der Waals surface area contributed by atoms with Crippen molar-refractivity contribution in [2.24, 2.45) is 0 Å². The van der Waals surface area contributed by atoms with Gasteiger partial charge in [-0.2, -0.15) is 4.31 Å². The Morgan fingerprint density at radius 3 is 2.96 bits per heavy atom. The van der Waals surface area contributed by atoms with Crippen LogP contribution in [0.1, 0.15) is 42.8 Å². The predicted molar refractivity (Wildman–Crippen MR) is 107 cm³/mol. The zero-order chi connectivity index (χ0) is 19.7. The summed E-state index contributed by atoms with van der Waals surface area (Å²) < 4.78 is 27.7. The lowest BCUT2D eigenvalue weighted by atomic mass is 9.92. The van der Waals surface area contributed by atoms with Gasteiger partial charge in [0.25, 0.3) is 10.0 Å². The number of amides is 1. The molecule has 1 aliphatic carbocycles. The highest BCUT2D eigenvalue weighted by molar-refractivity contribution is 7.91. The Balaban J connectivity index is 1.48. The summed E-state index contributed by atoms with van der Waals surface area (Å²) in [6.45, 7) is 2.26. The summed E-state index contributed by atoms with van der Waals surface area (Å²) in [5.74, 6) is 0.569. The molecule has 2 aromatic rings. The van der Waals surface area contributed by atoms with Crippen LogP contribution in [0.5, 0.6) is 0 Å². The summed E-state index contributed by atoms with van der Waals surface area (Å²) in [6.07, 6.45) is 6.32. The van der Waals surface area contributed by atoms with Crippen molar-refractivity contribution in [1.82, 2.24) is 19.6 Å². The van der Waals surface area contributed by atoms with Crippen molar-refractivity contribution in [2.75, 3.05) is 6.54 Å². The number of hydrogen-bond donors (Lipinski definition) is 1. The second-order valence-electron chi connectivity index (χ2n) is 7.40. The molecule has 0 aromatic carbocycles. The molecule has 0 radical (unpaired) electrons. The average molecular weight is 421 g/mol. The molecule has 9 heteroatoms. The number of carbonyl (C=O) groups excluding carboxylic acids is 1. The molecule has 1 fully saturated rings. The zero-order valence-corrected chi connectivity index (χ0v) is 17.4. The number of nitrogens with one attached hydrogen (secondary N) is 1. The molecule has 28 heavy (non-hydrogen) atoms. The van der Waals surface area contributed by atoms with Crippen LogP contribution in [-0.4, -0.2) is 47.2 Å². The summed E-state index contributed by atoms with van der Waals surface area (Å²) in [4.78, 5) is 21.8. The summed E-state index contributed by atoms with van der Waals surface area (Å²) >= 11 is 1.19. The second kappa shape index (κ2) is 7.88. The van der Waals surface area contributed by atoms with Crippen LogP contribution in [0, 0.1) is 6.92 Å². The van der Waals surface area contributed by atoms with Crippen molar-refractivity contribution < 1.29 is 13.2 Å². The Bertz CT molecular complexity index is 960.